The van der Waals surface area contributed by atoms with Gasteiger partial charge in [0.05, 0.1) is 26.5 Å². The molecule has 5 rings (SSSR count). The molecule has 0 spiro atoms. The highest BCUT2D eigenvalue weighted by Gasteiger charge is 2.34. The van der Waals surface area contributed by atoms with Crippen molar-refractivity contribution in [3.8, 4) is 11.5 Å². The lowest BCUT2D eigenvalue weighted by molar-refractivity contribution is -0.117. The normalized spacial score (nSPS) is 19.9. The molecule has 2 aliphatic carbocycles. The van der Waals surface area contributed by atoms with Crippen LogP contribution in [0, 0.1) is 13.8 Å². The van der Waals surface area contributed by atoms with Gasteiger partial charge in [0.25, 0.3) is 0 Å². The molecule has 2 saturated carbocycles. The van der Waals surface area contributed by atoms with Crippen molar-refractivity contribution >= 4 is 29.4 Å². The van der Waals surface area contributed by atoms with E-state index in [-0.39, 0.29) is 24.0 Å². The number of urea groups is 1. The van der Waals surface area contributed by atoms with Crippen LogP contribution >= 0.6 is 0 Å². The number of aromatic nitrogens is 2. The lowest BCUT2D eigenvalue weighted by Crippen LogP contribution is -2.49. The molecule has 3 amide bonds. The maximum atomic E-state index is 13.5. The Labute approximate surface area is 237 Å². The molecule has 216 valence electrons. The highest BCUT2D eigenvalue weighted by molar-refractivity contribution is 6.06. The van der Waals surface area contributed by atoms with Gasteiger partial charge < -0.3 is 20.1 Å². The summed E-state index contributed by atoms with van der Waals surface area (Å²) in [5.41, 5.74) is 3.28. The number of hydrogen-bond acceptors (Lipinski definition) is 7. The Bertz CT molecular complexity index is 1210. The minimum Gasteiger partial charge on any atom is -0.496 e. The Morgan fingerprint density at radius 3 is 2.17 bits per heavy atom. The van der Waals surface area contributed by atoms with E-state index in [1.165, 1.54) is 36.7 Å². The fraction of sp³-hybridized carbons (Fsp3) is 0.533. The van der Waals surface area contributed by atoms with Gasteiger partial charge in [0.2, 0.25) is 11.9 Å². The molecule has 2 fully saturated rings. The number of benzene rings is 1. The quantitative estimate of drug-likeness (QED) is 0.452. The van der Waals surface area contributed by atoms with Gasteiger partial charge in [-0.15, -0.1) is 0 Å². The lowest BCUT2D eigenvalue weighted by atomic mass is 9.90. The minimum absolute atomic E-state index is 0.00338. The van der Waals surface area contributed by atoms with Crippen molar-refractivity contribution in [2.75, 3.05) is 36.4 Å². The van der Waals surface area contributed by atoms with Crippen LogP contribution in [0.1, 0.15) is 68.1 Å². The van der Waals surface area contributed by atoms with Crippen LogP contribution in [0.4, 0.5) is 22.2 Å². The van der Waals surface area contributed by atoms with E-state index in [0.29, 0.717) is 29.8 Å². The number of carbonyl (C=O) groups excluding carboxylic acids is 2. The summed E-state index contributed by atoms with van der Waals surface area (Å²) in [7, 11) is 4.91. The monoisotopic (exact) mass is 550 g/mol. The number of methoxy groups -OCH3 is 2. The molecule has 0 radical (unpaired) electrons. The third-order valence-electron chi connectivity index (χ3n) is 8.02. The molecule has 10 nitrogen and oxygen atoms in total. The van der Waals surface area contributed by atoms with Crippen molar-refractivity contribution in [3.05, 3.63) is 41.6 Å². The van der Waals surface area contributed by atoms with E-state index in [2.05, 4.69) is 27.2 Å². The Kier molecular flexibility index (Phi) is 9.50. The molecule has 0 bridgehead atoms. The van der Waals surface area contributed by atoms with Gasteiger partial charge in [-0.05, 0) is 32.8 Å². The van der Waals surface area contributed by atoms with Gasteiger partial charge in [-0.1, -0.05) is 45.1 Å². The number of nitrogens with zero attached hydrogens (tertiary/aromatic N) is 4. The molecule has 2 atom stereocenters. The molecule has 3 aliphatic rings. The van der Waals surface area contributed by atoms with Crippen LogP contribution in [0.25, 0.3) is 0 Å². The number of nitrogens with one attached hydrogen (secondary N) is 2. The van der Waals surface area contributed by atoms with E-state index < -0.39 is 0 Å². The Morgan fingerprint density at radius 2 is 1.62 bits per heavy atom. The largest absolute Gasteiger partial charge is 0.496 e. The highest BCUT2D eigenvalue weighted by atomic mass is 16.5. The third-order valence-corrected chi connectivity index (χ3v) is 8.02. The first-order valence-electron chi connectivity index (χ1n) is 14.1. The summed E-state index contributed by atoms with van der Waals surface area (Å²) in [5.74, 6) is 2.10. The van der Waals surface area contributed by atoms with Crippen molar-refractivity contribution in [1.29, 1.82) is 0 Å². The molecule has 2 N–H and O–H groups in total. The van der Waals surface area contributed by atoms with Crippen molar-refractivity contribution in [1.82, 2.24) is 15.3 Å². The fourth-order valence-electron chi connectivity index (χ4n) is 5.37. The summed E-state index contributed by atoms with van der Waals surface area (Å²) in [6.45, 7) is 7.72. The number of ether oxygens (including phenoxy) is 2. The van der Waals surface area contributed by atoms with Gasteiger partial charge in [-0.3, -0.25) is 14.6 Å². The maximum Gasteiger partial charge on any atom is 0.330 e. The van der Waals surface area contributed by atoms with Gasteiger partial charge in [-0.25, -0.2) is 9.78 Å². The van der Waals surface area contributed by atoms with E-state index in [0.717, 1.165) is 48.1 Å². The van der Waals surface area contributed by atoms with Crippen LogP contribution in [0.5, 0.6) is 11.5 Å². The number of hydrogen-bond donors (Lipinski definition) is 2. The number of rotatable bonds is 7. The maximum absolute atomic E-state index is 13.5. The second-order valence-electron chi connectivity index (χ2n) is 10.6. The van der Waals surface area contributed by atoms with Crippen LogP contribution in [0.3, 0.4) is 0 Å². The molecular weight excluding hydrogens is 508 g/mol. The van der Waals surface area contributed by atoms with Crippen LogP contribution in [-0.2, 0) is 11.3 Å². The molecule has 1 aromatic heterocycles. The van der Waals surface area contributed by atoms with Crippen molar-refractivity contribution in [3.63, 3.8) is 0 Å². The summed E-state index contributed by atoms with van der Waals surface area (Å²) < 4.78 is 11.1. The topological polar surface area (TPSA) is 109 Å². The van der Waals surface area contributed by atoms with E-state index in [1.807, 2.05) is 19.9 Å². The van der Waals surface area contributed by atoms with Gasteiger partial charge >= 0.3 is 6.03 Å². The second-order valence-corrected chi connectivity index (χ2v) is 10.6. The molecule has 1 aromatic carbocycles. The average Bonchev–Trinajstić information content (AvgIpc) is 2.92. The zero-order valence-electron chi connectivity index (χ0n) is 24.4. The van der Waals surface area contributed by atoms with Gasteiger partial charge in [-0.2, -0.15) is 4.98 Å². The summed E-state index contributed by atoms with van der Waals surface area (Å²) in [4.78, 5) is 37.9. The second kappa shape index (κ2) is 13.0. The van der Waals surface area contributed by atoms with Crippen molar-refractivity contribution in [2.45, 2.75) is 83.8 Å². The Balaban J connectivity index is 0.000000848. The smallest absolute Gasteiger partial charge is 0.330 e. The highest BCUT2D eigenvalue weighted by Crippen LogP contribution is 2.41. The number of anilines is 3. The minimum atomic E-state index is -0.206. The average molecular weight is 551 g/mol. The summed E-state index contributed by atoms with van der Waals surface area (Å²) in [5, 5.41) is 6.38. The summed E-state index contributed by atoms with van der Waals surface area (Å²) in [6.07, 6.45) is 12.9. The van der Waals surface area contributed by atoms with Crippen LogP contribution in [0.15, 0.2) is 24.9 Å². The summed E-state index contributed by atoms with van der Waals surface area (Å²) >= 11 is 0. The first-order chi connectivity index (χ1) is 19.3. The summed E-state index contributed by atoms with van der Waals surface area (Å²) in [6, 6.07) is 1.59. The van der Waals surface area contributed by atoms with E-state index in [9.17, 15) is 9.59 Å². The molecule has 10 heteroatoms. The predicted octanol–water partition coefficient (Wildman–Crippen LogP) is 5.27. The van der Waals surface area contributed by atoms with E-state index >= 15 is 0 Å². The molecule has 40 heavy (non-hydrogen) atoms. The zero-order chi connectivity index (χ0) is 28.8. The molecule has 2 aromatic rings. The molecule has 2 unspecified atom stereocenters. The van der Waals surface area contributed by atoms with Crippen molar-refractivity contribution in [2.24, 2.45) is 0 Å². The van der Waals surface area contributed by atoms with Crippen LogP contribution in [0.2, 0.25) is 0 Å². The number of amides is 3. The lowest BCUT2D eigenvalue weighted by Gasteiger charge is -2.36. The van der Waals surface area contributed by atoms with Crippen LogP contribution in [-0.4, -0.2) is 55.3 Å². The molecule has 1 aliphatic heterocycles. The molecular formula is C30H42N6O4. The Morgan fingerprint density at radius 1 is 1.02 bits per heavy atom. The first kappa shape index (κ1) is 29.2. The SMILES string of the molecule is C1CCC1.C=CC(=O)NC1CCCCC1Nc1ncc2c(n1)N(C)C(=O)N(c1c(C)c(OC)cc(OC)c1C)C2. The molecule has 0 saturated heterocycles. The predicted molar refractivity (Wildman–Crippen MR) is 158 cm³/mol. The Hall–Kier alpha value is -3.82. The number of fused-ring (bicyclic) bond motifs is 1. The van der Waals surface area contributed by atoms with E-state index in [4.69, 9.17) is 9.47 Å². The van der Waals surface area contributed by atoms with Crippen LogP contribution < -0.4 is 29.9 Å². The van der Waals surface area contributed by atoms with E-state index in [1.54, 1.807) is 32.4 Å². The zero-order valence-corrected chi connectivity index (χ0v) is 24.4. The first-order valence-corrected chi connectivity index (χ1v) is 14.1. The fourth-order valence-corrected chi connectivity index (χ4v) is 5.37. The van der Waals surface area contributed by atoms with Gasteiger partial charge in [0.1, 0.15) is 17.3 Å². The molecule has 2 heterocycles. The number of carbonyl (C=O) groups is 2. The van der Waals surface area contributed by atoms with Gasteiger partial charge in [0.15, 0.2) is 0 Å². The van der Waals surface area contributed by atoms with Crippen molar-refractivity contribution < 1.29 is 19.1 Å². The van der Waals surface area contributed by atoms with Gasteiger partial charge in [0, 0.05) is 48.1 Å². The third kappa shape index (κ3) is 6.16. The standard InChI is InChI=1S/C26H34N6O4.C4H8/c1-7-22(33)28-18-10-8-9-11-19(18)29-25-27-13-17-14-32(26(34)31(4)24(17)30-25)23-15(2)20(35-5)12-21(36-6)16(23)3;1-2-4-3-1/h7,12-13,18-19H,1,8-11,14H2,2-6H3,(H,28,33)(H,27,29,30);1-4H2.